The molecule has 0 aromatic heterocycles. The summed E-state index contributed by atoms with van der Waals surface area (Å²) in [4.78, 5) is 28.0. The van der Waals surface area contributed by atoms with Gasteiger partial charge in [0, 0.05) is 90.1 Å². The third-order valence-electron chi connectivity index (χ3n) is 28.8. The molecule has 26 heteroatoms. The van der Waals surface area contributed by atoms with E-state index in [1.165, 1.54) is 0 Å². The Hall–Kier alpha value is -2.59. The van der Waals surface area contributed by atoms with Gasteiger partial charge < -0.3 is 97.5 Å². The Morgan fingerprint density at radius 3 is 1.39 bits per heavy atom. The normalized spacial score (nSPS) is 51.1. The fourth-order valence-electron chi connectivity index (χ4n) is 23.0. The van der Waals surface area contributed by atoms with Crippen molar-refractivity contribution in [3.05, 3.63) is 48.6 Å². The Morgan fingerprint density at radius 2 is 0.872 bits per heavy atom. The van der Waals surface area contributed by atoms with E-state index in [0.29, 0.717) is 95.1 Å². The minimum atomic E-state index is -3.67. The summed E-state index contributed by atoms with van der Waals surface area (Å²) in [5.74, 6) is -0.483. The lowest BCUT2D eigenvalue weighted by molar-refractivity contribution is -0.301. The van der Waals surface area contributed by atoms with Crippen LogP contribution in [0.3, 0.4) is 0 Å². The zero-order chi connectivity index (χ0) is 75.8. The second kappa shape index (κ2) is 32.4. The summed E-state index contributed by atoms with van der Waals surface area (Å²) < 4.78 is 134. The minimum Gasteiger partial charge on any atom is -0.392 e. The molecule has 20 aliphatic heterocycles. The summed E-state index contributed by atoms with van der Waals surface area (Å²) in [7, 11) is -3.67. The van der Waals surface area contributed by atoms with E-state index >= 15 is 0 Å². The molecule has 0 radical (unpaired) electrons. The van der Waals surface area contributed by atoms with Crippen molar-refractivity contribution in [2.75, 3.05) is 19.3 Å². The first kappa shape index (κ1) is 81.5. The van der Waals surface area contributed by atoms with Crippen molar-refractivity contribution in [1.82, 2.24) is 0 Å². The lowest BCUT2D eigenvalue weighted by atomic mass is 9.78. The van der Waals surface area contributed by atoms with Crippen molar-refractivity contribution in [2.45, 2.75) is 403 Å². The SMILES string of the molecule is C.C=C1C[C@@H]2CC[C@@]34C[C@H]5O[C@H]6C(O3)[C@H]3O[C@H](CC[C@@H]3O[C@@]6(C)[C@H]5O4)CC(=O)CC3[C@H](CC4O[C@@H](CCC1O2)C[C@@H](C)C4=C)O[C@H](C[C@H](O)CN)[C@@H]3C.C=C1C[C@@H]2CC[C@@]34C[C@H]5O[C@H]6C(O3)[C@H]3O[C@H](CC[C@@H]3O[C@H]6[C@H]5O4)CC(=O)CC3[C@H](CC4O[C@@H](CCC1O2)C[C@@H](C)C4=C)O[C@H](C[C@H](O)CN)[C@@H]3C.CS(=O)(=O)O. The summed E-state index contributed by atoms with van der Waals surface area (Å²) in [5, 5.41) is 21.0. The van der Waals surface area contributed by atoms with E-state index in [9.17, 15) is 28.2 Å². The number of carbonyl (C=O) groups is 2. The number of aliphatic hydroxyl groups excluding tert-OH is 2. The first-order valence-electron chi connectivity index (χ1n) is 41.5. The Labute approximate surface area is 645 Å². The molecule has 0 aromatic rings. The quantitative estimate of drug-likeness (QED) is 0.123. The fraction of sp³-hybridized carbons (Fsp3) is 0.880. The maximum atomic E-state index is 14.0. The van der Waals surface area contributed by atoms with E-state index in [2.05, 4.69) is 60.9 Å². The summed E-state index contributed by atoms with van der Waals surface area (Å²) in [6.45, 7) is 29.1. The summed E-state index contributed by atoms with van der Waals surface area (Å²) in [5.41, 5.74) is 15.5. The van der Waals surface area contributed by atoms with Crippen LogP contribution in [-0.4, -0.2) is 248 Å². The third-order valence-corrected chi connectivity index (χ3v) is 28.8. The van der Waals surface area contributed by atoms with E-state index < -0.39 is 39.5 Å². The molecule has 614 valence electrons. The Kier molecular flexibility index (Phi) is 24.2. The number of rotatable bonds is 6. The van der Waals surface area contributed by atoms with Gasteiger partial charge in [0.2, 0.25) is 0 Å². The highest BCUT2D eigenvalue weighted by Crippen LogP contribution is 2.60. The van der Waals surface area contributed by atoms with Crippen molar-refractivity contribution < 1.29 is 109 Å². The standard InChI is InChI=1S/C41H61NO10.C40H59NO10.CH4O3S.CH4/c1-20-12-26-6-8-30-21(2)13-28(45-30)10-11-41-18-35-38(52-41)40(5)39(49-35)37(51-41)36-31(50-40)9-7-27(47-36)14-24(43)15-29-23(4)32(16-25(44)19-42)48-34(29)17-33(46-26)22(20)3;1-19-11-25-5-7-29-20(2)12-27(44-29)9-10-40-17-34-36(50-40)37-38(49-34)39(51-40)35-30(48-37)8-6-26(46-35)13-23(42)14-28-22(4)31(15-24(43)18-41)47-33(28)16-32(45-25)21(19)3;1-5(2,3)4;/h20,23,25-39,44H,2-3,6-19,42H2,1,4-5H3;19,22,24-39,43H,2-3,5-18,41H2,1,4H3;1H3,(H,2,3,4);1H4/t20-,23-,25+,26+,27-,28+,29?,30?,31+,32-,33?,34+,35-,36+,37?,38+,39+,40+,41-;19-,22-,24+,25+,26-,27+,28?,29?,30+,31-,32?,33+,34-,35+,36+,37+,38-,39?,40+;;/m11../s1. The largest absolute Gasteiger partial charge is 0.392 e. The second-order valence-electron chi connectivity index (χ2n) is 36.5. The zero-order valence-corrected chi connectivity index (χ0v) is 65.2. The van der Waals surface area contributed by atoms with Gasteiger partial charge in [-0.2, -0.15) is 8.42 Å². The number of ether oxygens (including phenoxy) is 16. The molecule has 7 N–H and O–H groups in total. The van der Waals surface area contributed by atoms with Crippen LogP contribution in [0.4, 0.5) is 0 Å². The fourth-order valence-corrected chi connectivity index (χ4v) is 23.0. The van der Waals surface area contributed by atoms with Crippen LogP contribution in [0.25, 0.3) is 0 Å². The molecular formula is C83H128N2O23S. The van der Waals surface area contributed by atoms with Crippen LogP contribution in [0, 0.1) is 35.5 Å². The second-order valence-corrected chi connectivity index (χ2v) is 38.0. The number of nitrogens with two attached hydrogens (primary N) is 2. The van der Waals surface area contributed by atoms with Gasteiger partial charge in [-0.1, -0.05) is 61.4 Å². The van der Waals surface area contributed by atoms with Crippen LogP contribution in [0.15, 0.2) is 48.6 Å². The molecule has 109 heavy (non-hydrogen) atoms. The maximum Gasteiger partial charge on any atom is 0.261 e. The predicted octanol–water partition coefficient (Wildman–Crippen LogP) is 8.65. The van der Waals surface area contributed by atoms with Gasteiger partial charge in [-0.25, -0.2) is 0 Å². The minimum absolute atomic E-state index is 0. The summed E-state index contributed by atoms with van der Waals surface area (Å²) in [6.07, 6.45) is 13.4. The van der Waals surface area contributed by atoms with E-state index in [-0.39, 0.29) is 221 Å². The smallest absolute Gasteiger partial charge is 0.261 e. The zero-order valence-electron chi connectivity index (χ0n) is 64.4. The van der Waals surface area contributed by atoms with Crippen LogP contribution < -0.4 is 11.5 Å². The predicted molar refractivity (Wildman–Crippen MR) is 398 cm³/mol. The van der Waals surface area contributed by atoms with Crippen molar-refractivity contribution in [2.24, 2.45) is 47.0 Å². The third kappa shape index (κ3) is 16.6. The van der Waals surface area contributed by atoms with Crippen molar-refractivity contribution in [1.29, 1.82) is 0 Å². The molecule has 20 fully saturated rings. The maximum absolute atomic E-state index is 14.0. The number of Topliss-reactive ketones (excluding diaryl/α,β-unsaturated/α-hetero) is 2. The van der Waals surface area contributed by atoms with Crippen molar-refractivity contribution in [3.8, 4) is 0 Å². The number of hydrogen-bond donors (Lipinski definition) is 5. The van der Waals surface area contributed by atoms with Crippen LogP contribution >= 0.6 is 0 Å². The topological polar surface area (TPSA) is 329 Å². The molecule has 20 rings (SSSR count). The lowest BCUT2D eigenvalue weighted by Gasteiger charge is -2.51. The van der Waals surface area contributed by atoms with Gasteiger partial charge >= 0.3 is 0 Å². The monoisotopic (exact) mass is 1550 g/mol. The molecule has 0 amide bonds. The average Bonchev–Trinajstić information content (AvgIpc) is 1.53. The van der Waals surface area contributed by atoms with Gasteiger partial charge in [-0.15, -0.1) is 0 Å². The Morgan fingerprint density at radius 1 is 0.440 bits per heavy atom. The van der Waals surface area contributed by atoms with Gasteiger partial charge in [0.25, 0.3) is 10.1 Å². The molecular weight excluding hydrogens is 1420 g/mol. The molecule has 38 atom stereocenters. The molecule has 20 aliphatic rings. The highest BCUT2D eigenvalue weighted by molar-refractivity contribution is 7.85. The molecule has 20 heterocycles. The number of hydrogen-bond acceptors (Lipinski definition) is 24. The lowest BCUT2D eigenvalue weighted by Crippen LogP contribution is -2.66. The number of ketones is 2. The van der Waals surface area contributed by atoms with Crippen LogP contribution in [0.5, 0.6) is 0 Å². The van der Waals surface area contributed by atoms with Gasteiger partial charge in [-0.3, -0.25) is 14.1 Å². The summed E-state index contributed by atoms with van der Waals surface area (Å²) in [6, 6.07) is 0. The molecule has 8 unspecified atom stereocenters. The van der Waals surface area contributed by atoms with Crippen LogP contribution in [0.1, 0.15) is 209 Å². The van der Waals surface area contributed by atoms with Gasteiger partial charge in [0.1, 0.15) is 72.1 Å². The molecule has 25 nitrogen and oxygen atoms in total. The molecule has 0 aromatic carbocycles. The Bertz CT molecular complexity index is 3430. The molecule has 0 aliphatic carbocycles. The molecule has 0 saturated carbocycles. The van der Waals surface area contributed by atoms with Gasteiger partial charge in [0.05, 0.1) is 128 Å². The molecule has 2 spiro atoms. The summed E-state index contributed by atoms with van der Waals surface area (Å²) >= 11 is 0. The number of aliphatic hydroxyl groups is 2. The first-order valence-corrected chi connectivity index (χ1v) is 43.4. The van der Waals surface area contributed by atoms with Crippen molar-refractivity contribution >= 4 is 21.7 Å². The van der Waals surface area contributed by atoms with Crippen molar-refractivity contribution in [3.63, 3.8) is 0 Å². The average molecular weight is 1550 g/mol. The van der Waals surface area contributed by atoms with Crippen LogP contribution in [0.2, 0.25) is 0 Å². The van der Waals surface area contributed by atoms with Gasteiger partial charge in [0.15, 0.2) is 11.6 Å². The highest BCUT2D eigenvalue weighted by Gasteiger charge is 2.74. The van der Waals surface area contributed by atoms with Gasteiger partial charge in [-0.05, 0) is 155 Å². The van der Waals surface area contributed by atoms with E-state index in [1.54, 1.807) is 0 Å². The highest BCUT2D eigenvalue weighted by atomic mass is 32.2. The van der Waals surface area contributed by atoms with E-state index in [4.69, 9.17) is 91.8 Å². The van der Waals surface area contributed by atoms with E-state index in [0.717, 1.165) is 112 Å². The van der Waals surface area contributed by atoms with Crippen LogP contribution in [-0.2, 0) is 95.5 Å². The molecule has 24 bridgehead atoms. The Balaban J connectivity index is 0.000000162. The van der Waals surface area contributed by atoms with E-state index in [1.807, 2.05) is 0 Å². The number of fused-ring (bicyclic) bond motifs is 12. The molecule has 20 saturated heterocycles. The number of carbonyl (C=O) groups excluding carboxylic acids is 2. The first-order chi connectivity index (χ1) is 51.5.